The van der Waals surface area contributed by atoms with Crippen LogP contribution in [0.25, 0.3) is 6.08 Å². The predicted octanol–water partition coefficient (Wildman–Crippen LogP) is 5.06. The number of carbonyl (C=O) groups is 1. The number of aromatic nitrogens is 1. The second-order valence-electron chi connectivity index (χ2n) is 7.15. The van der Waals surface area contributed by atoms with Crippen LogP contribution in [0.1, 0.15) is 35.0 Å². The molecule has 2 aromatic carbocycles. The van der Waals surface area contributed by atoms with Gasteiger partial charge in [-0.2, -0.15) is 5.10 Å². The summed E-state index contributed by atoms with van der Waals surface area (Å²) < 4.78 is 0. The zero-order valence-corrected chi connectivity index (χ0v) is 19.1. The van der Waals surface area contributed by atoms with Gasteiger partial charge in [-0.05, 0) is 49.2 Å². The lowest BCUT2D eigenvalue weighted by Gasteiger charge is -2.04. The summed E-state index contributed by atoms with van der Waals surface area (Å²) in [5, 5.41) is 28.8. The molecule has 0 aliphatic heterocycles. The number of phenolic OH excluding ortho intramolecular Hbond substituents is 1. The van der Waals surface area contributed by atoms with Crippen LogP contribution < -0.4 is 10.7 Å². The number of anilines is 2. The Balaban J connectivity index is 1.95. The van der Waals surface area contributed by atoms with Crippen LogP contribution >= 0.6 is 11.3 Å². The molecule has 0 radical (unpaired) electrons. The van der Waals surface area contributed by atoms with E-state index < -0.39 is 4.92 Å². The predicted molar refractivity (Wildman–Crippen MR) is 130 cm³/mol. The number of aromatic hydroxyl groups is 1. The first-order chi connectivity index (χ1) is 15.8. The zero-order valence-electron chi connectivity index (χ0n) is 18.3. The van der Waals surface area contributed by atoms with E-state index in [9.17, 15) is 20.0 Å². The number of amides is 1. The Morgan fingerprint density at radius 2 is 2.06 bits per heavy atom. The monoisotopic (exact) mass is 465 g/mol. The molecule has 0 spiro atoms. The van der Waals surface area contributed by atoms with E-state index in [0.29, 0.717) is 27.1 Å². The van der Waals surface area contributed by atoms with Gasteiger partial charge in [0, 0.05) is 12.5 Å². The molecular weight excluding hydrogens is 442 g/mol. The molecule has 3 N–H and O–H groups in total. The SMILES string of the molecule is CCC(=O)N/N=C(\C=C/c1cccc(O)c1)c1sc(Nc2ccc(C)cc2[N+](=O)[O-])nc1C. The van der Waals surface area contributed by atoms with E-state index in [1.807, 2.05) is 6.07 Å². The minimum Gasteiger partial charge on any atom is -0.508 e. The Morgan fingerprint density at radius 3 is 2.76 bits per heavy atom. The third kappa shape index (κ3) is 6.23. The molecule has 33 heavy (non-hydrogen) atoms. The summed E-state index contributed by atoms with van der Waals surface area (Å²) in [5.74, 6) is -0.107. The summed E-state index contributed by atoms with van der Waals surface area (Å²) in [6, 6.07) is 11.6. The average molecular weight is 466 g/mol. The molecule has 0 aliphatic rings. The number of nitro benzene ring substituents is 1. The van der Waals surface area contributed by atoms with Gasteiger partial charge in [-0.25, -0.2) is 10.4 Å². The van der Waals surface area contributed by atoms with E-state index in [4.69, 9.17) is 0 Å². The first-order valence-corrected chi connectivity index (χ1v) is 10.9. The zero-order chi connectivity index (χ0) is 24.0. The lowest BCUT2D eigenvalue weighted by molar-refractivity contribution is -0.384. The fourth-order valence-corrected chi connectivity index (χ4v) is 3.82. The Bertz CT molecular complexity index is 1250. The standard InChI is InChI=1S/C23H23N5O4S/c1-4-21(30)27-26-19(11-9-16-6-5-7-17(29)13-16)22-15(3)24-23(33-22)25-18-10-8-14(2)12-20(18)28(31)32/h5-13,29H,4H2,1-3H3,(H,24,25)(H,27,30)/b11-9-,26-19+. The quantitative estimate of drug-likeness (QED) is 0.242. The Morgan fingerprint density at radius 1 is 1.27 bits per heavy atom. The van der Waals surface area contributed by atoms with Crippen LogP contribution in [0, 0.1) is 24.0 Å². The van der Waals surface area contributed by atoms with Gasteiger partial charge in [-0.3, -0.25) is 14.9 Å². The second kappa shape index (κ2) is 10.5. The van der Waals surface area contributed by atoms with Crippen molar-refractivity contribution in [3.8, 4) is 5.75 Å². The number of hydrazone groups is 1. The number of hydrogen-bond acceptors (Lipinski definition) is 8. The number of thiazole rings is 1. The maximum Gasteiger partial charge on any atom is 0.292 e. The van der Waals surface area contributed by atoms with Crippen LogP contribution in [-0.2, 0) is 4.79 Å². The maximum absolute atomic E-state index is 11.8. The number of hydrogen-bond donors (Lipinski definition) is 3. The fourth-order valence-electron chi connectivity index (χ4n) is 2.87. The topological polar surface area (TPSA) is 130 Å². The number of aryl methyl sites for hydroxylation is 2. The maximum atomic E-state index is 11.8. The lowest BCUT2D eigenvalue weighted by atomic mass is 10.1. The third-order valence-corrected chi connectivity index (χ3v) is 5.64. The molecule has 0 saturated carbocycles. The van der Waals surface area contributed by atoms with Gasteiger partial charge in [0.1, 0.15) is 17.1 Å². The first kappa shape index (κ1) is 23.6. The number of allylic oxidation sites excluding steroid dienone is 1. The molecule has 3 rings (SSSR count). The van der Waals surface area contributed by atoms with Gasteiger partial charge in [0.15, 0.2) is 5.13 Å². The largest absolute Gasteiger partial charge is 0.508 e. The molecule has 0 saturated heterocycles. The molecule has 170 valence electrons. The van der Waals surface area contributed by atoms with Crippen molar-refractivity contribution in [3.05, 3.63) is 80.4 Å². The number of benzene rings is 2. The van der Waals surface area contributed by atoms with Crippen LogP contribution in [0.5, 0.6) is 5.75 Å². The molecule has 9 nitrogen and oxygen atoms in total. The molecule has 1 amide bonds. The van der Waals surface area contributed by atoms with Gasteiger partial charge in [-0.15, -0.1) is 0 Å². The van der Waals surface area contributed by atoms with Crippen molar-refractivity contribution in [1.29, 1.82) is 0 Å². The molecular formula is C23H23N5O4S. The molecule has 10 heteroatoms. The van der Waals surface area contributed by atoms with Crippen molar-refractivity contribution in [1.82, 2.24) is 10.4 Å². The molecule has 0 bridgehead atoms. The van der Waals surface area contributed by atoms with E-state index in [1.54, 1.807) is 63.3 Å². The van der Waals surface area contributed by atoms with Crippen molar-refractivity contribution in [2.75, 3.05) is 5.32 Å². The molecule has 0 atom stereocenters. The van der Waals surface area contributed by atoms with Crippen molar-refractivity contribution >= 4 is 45.5 Å². The van der Waals surface area contributed by atoms with E-state index in [1.165, 1.54) is 17.4 Å². The summed E-state index contributed by atoms with van der Waals surface area (Å²) >= 11 is 1.26. The highest BCUT2D eigenvalue weighted by molar-refractivity contribution is 7.17. The number of nitrogens with one attached hydrogen (secondary N) is 2. The van der Waals surface area contributed by atoms with Crippen LogP contribution in [-0.4, -0.2) is 26.6 Å². The summed E-state index contributed by atoms with van der Waals surface area (Å²) in [7, 11) is 0. The van der Waals surface area contributed by atoms with Crippen LogP contribution in [0.15, 0.2) is 53.6 Å². The summed E-state index contributed by atoms with van der Waals surface area (Å²) in [4.78, 5) is 27.9. The number of rotatable bonds is 8. The summed E-state index contributed by atoms with van der Waals surface area (Å²) in [5.41, 5.74) is 5.43. The van der Waals surface area contributed by atoms with Crippen LogP contribution in [0.2, 0.25) is 0 Å². The highest BCUT2D eigenvalue weighted by Gasteiger charge is 2.18. The second-order valence-corrected chi connectivity index (χ2v) is 8.15. The van der Waals surface area contributed by atoms with Gasteiger partial charge in [0.2, 0.25) is 5.91 Å². The highest BCUT2D eigenvalue weighted by atomic mass is 32.1. The van der Waals surface area contributed by atoms with E-state index in [0.717, 1.165) is 11.1 Å². The Labute approximate surface area is 194 Å². The number of phenols is 1. The number of nitro groups is 1. The Kier molecular flexibility index (Phi) is 7.52. The molecule has 3 aromatic rings. The van der Waals surface area contributed by atoms with Crippen LogP contribution in [0.3, 0.4) is 0 Å². The highest BCUT2D eigenvalue weighted by Crippen LogP contribution is 2.32. The van der Waals surface area contributed by atoms with E-state index >= 15 is 0 Å². The minimum absolute atomic E-state index is 0.0442. The lowest BCUT2D eigenvalue weighted by Crippen LogP contribution is -2.18. The van der Waals surface area contributed by atoms with Crippen molar-refractivity contribution in [2.45, 2.75) is 27.2 Å². The Hall–Kier alpha value is -4.05. The summed E-state index contributed by atoms with van der Waals surface area (Å²) in [6.07, 6.45) is 3.75. The van der Waals surface area contributed by atoms with Gasteiger partial charge >= 0.3 is 0 Å². The average Bonchev–Trinajstić information content (AvgIpc) is 3.14. The molecule has 0 fully saturated rings. The molecule has 1 heterocycles. The number of carbonyl (C=O) groups excluding carboxylic acids is 1. The van der Waals surface area contributed by atoms with Crippen molar-refractivity contribution in [3.63, 3.8) is 0 Å². The van der Waals surface area contributed by atoms with Gasteiger partial charge < -0.3 is 10.4 Å². The third-order valence-electron chi connectivity index (χ3n) is 4.55. The van der Waals surface area contributed by atoms with Crippen LogP contribution in [0.4, 0.5) is 16.5 Å². The van der Waals surface area contributed by atoms with Crippen molar-refractivity contribution < 1.29 is 14.8 Å². The normalized spacial score (nSPS) is 11.5. The molecule has 0 aliphatic carbocycles. The van der Waals surface area contributed by atoms with Gasteiger partial charge in [-0.1, -0.05) is 42.5 Å². The fraction of sp³-hybridized carbons (Fsp3) is 0.174. The first-order valence-electron chi connectivity index (χ1n) is 10.1. The molecule has 1 aromatic heterocycles. The minimum atomic E-state index is -0.443. The van der Waals surface area contributed by atoms with E-state index in [2.05, 4.69) is 20.8 Å². The molecule has 0 unspecified atom stereocenters. The van der Waals surface area contributed by atoms with Gasteiger partial charge in [0.05, 0.1) is 15.5 Å². The summed E-state index contributed by atoms with van der Waals surface area (Å²) in [6.45, 7) is 5.30. The number of nitrogens with zero attached hydrogens (tertiary/aromatic N) is 3. The van der Waals surface area contributed by atoms with Gasteiger partial charge in [0.25, 0.3) is 5.69 Å². The van der Waals surface area contributed by atoms with E-state index in [-0.39, 0.29) is 23.8 Å². The van der Waals surface area contributed by atoms with Crippen molar-refractivity contribution in [2.24, 2.45) is 5.10 Å². The smallest absolute Gasteiger partial charge is 0.292 e.